The van der Waals surface area contributed by atoms with Crippen molar-refractivity contribution in [1.82, 2.24) is 5.43 Å². The van der Waals surface area contributed by atoms with Crippen molar-refractivity contribution in [2.24, 2.45) is 5.84 Å². The lowest BCUT2D eigenvalue weighted by molar-refractivity contribution is 0.285. The minimum atomic E-state index is -0.265. The number of halogens is 1. The van der Waals surface area contributed by atoms with Gasteiger partial charge in [-0.3, -0.25) is 11.3 Å². The molecule has 0 aliphatic heterocycles. The highest BCUT2D eigenvalue weighted by molar-refractivity contribution is 5.27. The Hall–Kier alpha value is -1.91. The summed E-state index contributed by atoms with van der Waals surface area (Å²) < 4.78 is 19.4. The van der Waals surface area contributed by atoms with Gasteiger partial charge in [0.15, 0.2) is 0 Å². The Kier molecular flexibility index (Phi) is 5.09. The molecule has 0 saturated carbocycles. The van der Waals surface area contributed by atoms with Gasteiger partial charge in [0.05, 0.1) is 12.6 Å². The second-order valence-corrected chi connectivity index (χ2v) is 4.69. The van der Waals surface area contributed by atoms with Gasteiger partial charge >= 0.3 is 0 Å². The molecule has 0 radical (unpaired) electrons. The molecule has 1 atom stereocenters. The van der Waals surface area contributed by atoms with E-state index in [1.807, 2.05) is 43.3 Å². The number of aryl methyl sites for hydroxylation is 1. The van der Waals surface area contributed by atoms with Crippen LogP contribution in [0.1, 0.15) is 23.6 Å². The van der Waals surface area contributed by atoms with E-state index in [0.717, 1.165) is 11.3 Å². The molecule has 20 heavy (non-hydrogen) atoms. The molecule has 1 unspecified atom stereocenters. The number of nitrogens with one attached hydrogen (secondary N) is 1. The molecular formula is C16H19FN2O. The summed E-state index contributed by atoms with van der Waals surface area (Å²) in [6, 6.07) is 14.3. The highest BCUT2D eigenvalue weighted by atomic mass is 19.1. The Morgan fingerprint density at radius 1 is 1.20 bits per heavy atom. The summed E-state index contributed by atoms with van der Waals surface area (Å²) in [6.45, 7) is 2.39. The molecule has 2 aromatic carbocycles. The number of hydrogen-bond donors (Lipinski definition) is 2. The summed E-state index contributed by atoms with van der Waals surface area (Å²) in [5.74, 6) is 6.08. The van der Waals surface area contributed by atoms with E-state index >= 15 is 0 Å². The van der Waals surface area contributed by atoms with Gasteiger partial charge in [-0.25, -0.2) is 4.39 Å². The van der Waals surface area contributed by atoms with Gasteiger partial charge in [-0.1, -0.05) is 35.9 Å². The van der Waals surface area contributed by atoms with Crippen LogP contribution in [0.15, 0.2) is 48.5 Å². The molecule has 0 fully saturated rings. The molecule has 3 N–H and O–H groups in total. The van der Waals surface area contributed by atoms with Gasteiger partial charge in [0, 0.05) is 12.0 Å². The van der Waals surface area contributed by atoms with Gasteiger partial charge in [0.25, 0.3) is 0 Å². The maximum absolute atomic E-state index is 13.8. The van der Waals surface area contributed by atoms with Crippen molar-refractivity contribution in [3.63, 3.8) is 0 Å². The fourth-order valence-corrected chi connectivity index (χ4v) is 2.07. The minimum Gasteiger partial charge on any atom is -0.494 e. The number of hydrazine groups is 1. The third-order valence-corrected chi connectivity index (χ3v) is 3.15. The Morgan fingerprint density at radius 2 is 1.95 bits per heavy atom. The fourth-order valence-electron chi connectivity index (χ4n) is 2.07. The first-order chi connectivity index (χ1) is 9.70. The van der Waals surface area contributed by atoms with E-state index in [9.17, 15) is 4.39 Å². The van der Waals surface area contributed by atoms with Crippen LogP contribution < -0.4 is 16.0 Å². The van der Waals surface area contributed by atoms with Crippen molar-refractivity contribution >= 4 is 0 Å². The molecule has 0 bridgehead atoms. The van der Waals surface area contributed by atoms with Gasteiger partial charge < -0.3 is 4.74 Å². The Morgan fingerprint density at radius 3 is 2.65 bits per heavy atom. The molecule has 0 saturated heterocycles. The molecule has 0 aliphatic rings. The third-order valence-electron chi connectivity index (χ3n) is 3.15. The van der Waals surface area contributed by atoms with E-state index in [-0.39, 0.29) is 11.9 Å². The zero-order valence-corrected chi connectivity index (χ0v) is 11.5. The SMILES string of the molecule is Cc1ccc(F)c(C(CCOc2ccccc2)NN)c1. The molecule has 2 aromatic rings. The van der Waals surface area contributed by atoms with Gasteiger partial charge in [-0.2, -0.15) is 0 Å². The Bertz CT molecular complexity index is 545. The molecule has 106 valence electrons. The normalized spacial score (nSPS) is 12.2. The second-order valence-electron chi connectivity index (χ2n) is 4.69. The summed E-state index contributed by atoms with van der Waals surface area (Å²) in [5.41, 5.74) is 4.23. The van der Waals surface area contributed by atoms with Crippen LogP contribution in [0.2, 0.25) is 0 Å². The van der Waals surface area contributed by atoms with Crippen LogP contribution in [0, 0.1) is 12.7 Å². The zero-order valence-electron chi connectivity index (χ0n) is 11.5. The maximum Gasteiger partial charge on any atom is 0.128 e. The smallest absolute Gasteiger partial charge is 0.128 e. The molecule has 0 heterocycles. The van der Waals surface area contributed by atoms with Crippen LogP contribution in [0.3, 0.4) is 0 Å². The van der Waals surface area contributed by atoms with Crippen LogP contribution in [0.25, 0.3) is 0 Å². The summed E-state index contributed by atoms with van der Waals surface area (Å²) in [5, 5.41) is 0. The molecule has 0 aliphatic carbocycles. The monoisotopic (exact) mass is 274 g/mol. The quantitative estimate of drug-likeness (QED) is 0.628. The van der Waals surface area contributed by atoms with Crippen molar-refractivity contribution in [1.29, 1.82) is 0 Å². The second kappa shape index (κ2) is 7.03. The molecule has 4 heteroatoms. The number of para-hydroxylation sites is 1. The highest BCUT2D eigenvalue weighted by Gasteiger charge is 2.14. The maximum atomic E-state index is 13.8. The molecule has 0 aromatic heterocycles. The highest BCUT2D eigenvalue weighted by Crippen LogP contribution is 2.21. The van der Waals surface area contributed by atoms with Crippen LogP contribution in [-0.2, 0) is 0 Å². The lowest BCUT2D eigenvalue weighted by atomic mass is 10.0. The van der Waals surface area contributed by atoms with E-state index < -0.39 is 0 Å². The van der Waals surface area contributed by atoms with Crippen molar-refractivity contribution in [2.75, 3.05) is 6.61 Å². The first-order valence-electron chi connectivity index (χ1n) is 6.60. The lowest BCUT2D eigenvalue weighted by Gasteiger charge is -2.18. The fraction of sp³-hybridized carbons (Fsp3) is 0.250. The molecule has 3 nitrogen and oxygen atoms in total. The largest absolute Gasteiger partial charge is 0.494 e. The number of hydrogen-bond acceptors (Lipinski definition) is 3. The Balaban J connectivity index is 1.97. The van der Waals surface area contributed by atoms with Crippen molar-refractivity contribution < 1.29 is 9.13 Å². The number of benzene rings is 2. The number of nitrogens with two attached hydrogens (primary N) is 1. The zero-order chi connectivity index (χ0) is 14.4. The third kappa shape index (κ3) is 3.79. The van der Waals surface area contributed by atoms with Crippen molar-refractivity contribution in [2.45, 2.75) is 19.4 Å². The van der Waals surface area contributed by atoms with E-state index in [1.54, 1.807) is 6.07 Å². The predicted octanol–water partition coefficient (Wildman–Crippen LogP) is 3.11. The summed E-state index contributed by atoms with van der Waals surface area (Å²) in [7, 11) is 0. The average Bonchev–Trinajstić information content (AvgIpc) is 2.48. The van der Waals surface area contributed by atoms with Crippen LogP contribution in [0.5, 0.6) is 5.75 Å². The van der Waals surface area contributed by atoms with E-state index in [4.69, 9.17) is 10.6 Å². The molecular weight excluding hydrogens is 255 g/mol. The van der Waals surface area contributed by atoms with E-state index in [0.29, 0.717) is 18.6 Å². The standard InChI is InChI=1S/C16H19FN2O/c1-12-7-8-15(17)14(11-12)16(19-18)9-10-20-13-5-3-2-4-6-13/h2-8,11,16,19H,9-10,18H2,1H3. The van der Waals surface area contributed by atoms with Crippen LogP contribution in [-0.4, -0.2) is 6.61 Å². The topological polar surface area (TPSA) is 47.3 Å². The summed E-state index contributed by atoms with van der Waals surface area (Å²) >= 11 is 0. The van der Waals surface area contributed by atoms with Crippen LogP contribution >= 0.6 is 0 Å². The summed E-state index contributed by atoms with van der Waals surface area (Å²) in [6.07, 6.45) is 0.589. The molecule has 0 amide bonds. The average molecular weight is 274 g/mol. The van der Waals surface area contributed by atoms with Crippen molar-refractivity contribution in [3.8, 4) is 5.75 Å². The minimum absolute atomic E-state index is 0.252. The van der Waals surface area contributed by atoms with Crippen LogP contribution in [0.4, 0.5) is 4.39 Å². The van der Waals surface area contributed by atoms with Crippen molar-refractivity contribution in [3.05, 3.63) is 65.5 Å². The lowest BCUT2D eigenvalue weighted by Crippen LogP contribution is -2.30. The summed E-state index contributed by atoms with van der Waals surface area (Å²) in [4.78, 5) is 0. The van der Waals surface area contributed by atoms with Gasteiger partial charge in [0.1, 0.15) is 11.6 Å². The van der Waals surface area contributed by atoms with Gasteiger partial charge in [-0.15, -0.1) is 0 Å². The first kappa shape index (κ1) is 14.5. The van der Waals surface area contributed by atoms with E-state index in [1.165, 1.54) is 6.07 Å². The molecule has 0 spiro atoms. The molecule has 2 rings (SSSR count). The number of ether oxygens (including phenoxy) is 1. The predicted molar refractivity (Wildman–Crippen MR) is 77.8 cm³/mol. The van der Waals surface area contributed by atoms with E-state index in [2.05, 4.69) is 5.43 Å². The first-order valence-corrected chi connectivity index (χ1v) is 6.60. The van der Waals surface area contributed by atoms with Gasteiger partial charge in [-0.05, 0) is 25.1 Å². The Labute approximate surface area is 118 Å². The number of rotatable bonds is 6. The van der Waals surface area contributed by atoms with Gasteiger partial charge in [0.2, 0.25) is 0 Å².